The average molecular weight is 353 g/mol. The van der Waals surface area contributed by atoms with E-state index in [4.69, 9.17) is 16.1 Å². The van der Waals surface area contributed by atoms with E-state index in [1.165, 1.54) is 22.7 Å². The van der Waals surface area contributed by atoms with Gasteiger partial charge in [0.05, 0.1) is 28.8 Å². The molecule has 0 amide bonds. The van der Waals surface area contributed by atoms with Crippen molar-refractivity contribution in [2.45, 2.75) is 13.3 Å². The SMILES string of the molecule is [CH2+]CC(=N)c1sc(C(=C(C)N)c2nccs2)nc1-c1ccccc1. The molecule has 0 fully saturated rings. The van der Waals surface area contributed by atoms with Crippen LogP contribution in [0.1, 0.15) is 28.2 Å². The van der Waals surface area contributed by atoms with Gasteiger partial charge in [-0.2, -0.15) is 0 Å². The Morgan fingerprint density at radius 1 is 1.25 bits per heavy atom. The Balaban J connectivity index is 2.19. The van der Waals surface area contributed by atoms with Crippen molar-refractivity contribution in [3.63, 3.8) is 0 Å². The first-order chi connectivity index (χ1) is 11.6. The predicted octanol–water partition coefficient (Wildman–Crippen LogP) is 4.60. The van der Waals surface area contributed by atoms with Gasteiger partial charge >= 0.3 is 0 Å². The van der Waals surface area contributed by atoms with Crippen molar-refractivity contribution in [2.75, 3.05) is 0 Å². The Bertz CT molecular complexity index is 873. The van der Waals surface area contributed by atoms with Crippen LogP contribution in [0, 0.1) is 12.3 Å². The van der Waals surface area contributed by atoms with E-state index in [1.807, 2.05) is 42.6 Å². The third-order valence-electron chi connectivity index (χ3n) is 3.45. The van der Waals surface area contributed by atoms with Crippen LogP contribution in [0.2, 0.25) is 0 Å². The Morgan fingerprint density at radius 2 is 2.00 bits per heavy atom. The normalized spacial score (nSPS) is 12.0. The van der Waals surface area contributed by atoms with Crippen LogP contribution in [0.3, 0.4) is 0 Å². The highest BCUT2D eigenvalue weighted by molar-refractivity contribution is 7.16. The molecule has 6 heteroatoms. The monoisotopic (exact) mass is 353 g/mol. The van der Waals surface area contributed by atoms with Crippen molar-refractivity contribution in [2.24, 2.45) is 5.73 Å². The van der Waals surface area contributed by atoms with Crippen LogP contribution < -0.4 is 5.73 Å². The molecule has 0 aliphatic rings. The summed E-state index contributed by atoms with van der Waals surface area (Å²) in [6.45, 7) is 5.70. The van der Waals surface area contributed by atoms with E-state index in [1.54, 1.807) is 6.20 Å². The van der Waals surface area contributed by atoms with Gasteiger partial charge in [0.25, 0.3) is 0 Å². The number of rotatable bonds is 5. The van der Waals surface area contributed by atoms with E-state index in [0.717, 1.165) is 31.7 Å². The summed E-state index contributed by atoms with van der Waals surface area (Å²) in [5.74, 6) is 0. The summed E-state index contributed by atoms with van der Waals surface area (Å²) in [5, 5.41) is 11.8. The number of allylic oxidation sites excluding steroid dienone is 1. The zero-order valence-electron chi connectivity index (χ0n) is 13.2. The van der Waals surface area contributed by atoms with Gasteiger partial charge in [-0.3, -0.25) is 5.41 Å². The summed E-state index contributed by atoms with van der Waals surface area (Å²) in [4.78, 5) is 10.0. The van der Waals surface area contributed by atoms with Crippen molar-refractivity contribution in [1.82, 2.24) is 9.97 Å². The Morgan fingerprint density at radius 3 is 2.58 bits per heavy atom. The number of thiazole rings is 2. The lowest BCUT2D eigenvalue weighted by atomic mass is 10.1. The van der Waals surface area contributed by atoms with Gasteiger partial charge in [-0.1, -0.05) is 30.3 Å². The molecular weight excluding hydrogens is 336 g/mol. The van der Waals surface area contributed by atoms with E-state index in [0.29, 0.717) is 17.8 Å². The lowest BCUT2D eigenvalue weighted by Crippen LogP contribution is -1.99. The smallest absolute Gasteiger partial charge is 0.129 e. The van der Waals surface area contributed by atoms with E-state index < -0.39 is 0 Å². The van der Waals surface area contributed by atoms with Crippen LogP contribution in [0.15, 0.2) is 47.6 Å². The summed E-state index contributed by atoms with van der Waals surface area (Å²) < 4.78 is 0. The van der Waals surface area contributed by atoms with E-state index in [9.17, 15) is 0 Å². The molecule has 3 N–H and O–H groups in total. The van der Waals surface area contributed by atoms with Gasteiger partial charge in [-0.25, -0.2) is 9.97 Å². The molecule has 2 aromatic heterocycles. The summed E-state index contributed by atoms with van der Waals surface area (Å²) >= 11 is 3.01. The minimum absolute atomic E-state index is 0.416. The van der Waals surface area contributed by atoms with Crippen molar-refractivity contribution in [3.8, 4) is 11.3 Å². The molecule has 0 aliphatic heterocycles. The quantitative estimate of drug-likeness (QED) is 0.520. The van der Waals surface area contributed by atoms with Crippen molar-refractivity contribution < 1.29 is 0 Å². The Kier molecular flexibility index (Phi) is 4.78. The third-order valence-corrected chi connectivity index (χ3v) is 5.38. The molecule has 3 rings (SSSR count). The molecule has 0 bridgehead atoms. The summed E-state index contributed by atoms with van der Waals surface area (Å²) in [7, 11) is 0. The highest BCUT2D eigenvalue weighted by Gasteiger charge is 2.22. The first-order valence-corrected chi connectivity index (χ1v) is 9.11. The molecule has 3 aromatic rings. The zero-order chi connectivity index (χ0) is 17.1. The fraction of sp³-hybridized carbons (Fsp3) is 0.111. The molecular formula is C18H17N4S2+. The van der Waals surface area contributed by atoms with Crippen LogP contribution >= 0.6 is 22.7 Å². The molecule has 24 heavy (non-hydrogen) atoms. The predicted molar refractivity (Wildman–Crippen MR) is 102 cm³/mol. The number of benzene rings is 1. The van der Waals surface area contributed by atoms with Gasteiger partial charge in [-0.15, -0.1) is 22.7 Å². The average Bonchev–Trinajstić information content (AvgIpc) is 3.25. The summed E-state index contributed by atoms with van der Waals surface area (Å²) in [6.07, 6.45) is 2.17. The van der Waals surface area contributed by atoms with Crippen LogP contribution in [-0.4, -0.2) is 15.7 Å². The number of nitrogens with two attached hydrogens (primary N) is 1. The lowest BCUT2D eigenvalue weighted by Gasteiger charge is -2.02. The van der Waals surface area contributed by atoms with Crippen LogP contribution in [-0.2, 0) is 0 Å². The van der Waals surface area contributed by atoms with Crippen molar-refractivity contribution >= 4 is 34.0 Å². The Labute approximate surface area is 149 Å². The van der Waals surface area contributed by atoms with Crippen LogP contribution in [0.25, 0.3) is 16.8 Å². The summed E-state index contributed by atoms with van der Waals surface area (Å²) in [5.41, 5.74) is 9.90. The minimum atomic E-state index is 0.416. The van der Waals surface area contributed by atoms with Gasteiger partial charge in [-0.05, 0) is 6.92 Å². The number of hydrogen-bond acceptors (Lipinski definition) is 6. The molecule has 0 saturated carbocycles. The maximum absolute atomic E-state index is 8.25. The van der Waals surface area contributed by atoms with Gasteiger partial charge in [0, 0.05) is 22.8 Å². The molecule has 0 spiro atoms. The van der Waals surface area contributed by atoms with Crippen molar-refractivity contribution in [3.05, 3.63) is 69.4 Å². The number of nitrogens with one attached hydrogen (secondary N) is 1. The molecule has 0 unspecified atom stereocenters. The highest BCUT2D eigenvalue weighted by atomic mass is 32.1. The highest BCUT2D eigenvalue weighted by Crippen LogP contribution is 2.36. The van der Waals surface area contributed by atoms with Gasteiger partial charge in [0.15, 0.2) is 0 Å². The Hall–Kier alpha value is -2.44. The molecule has 0 aliphatic carbocycles. The molecule has 4 nitrogen and oxygen atoms in total. The molecule has 0 saturated heterocycles. The van der Waals surface area contributed by atoms with E-state index >= 15 is 0 Å². The second-order valence-electron chi connectivity index (χ2n) is 5.19. The van der Waals surface area contributed by atoms with Gasteiger partial charge in [0.2, 0.25) is 0 Å². The first kappa shape index (κ1) is 16.4. The number of aromatic nitrogens is 2. The van der Waals surface area contributed by atoms with E-state index in [2.05, 4.69) is 11.9 Å². The largest absolute Gasteiger partial charge is 0.402 e. The second kappa shape index (κ2) is 6.98. The molecule has 0 radical (unpaired) electrons. The maximum Gasteiger partial charge on any atom is 0.129 e. The van der Waals surface area contributed by atoms with Crippen molar-refractivity contribution in [1.29, 1.82) is 5.41 Å². The second-order valence-corrected chi connectivity index (χ2v) is 7.08. The third kappa shape index (κ3) is 3.11. The summed E-state index contributed by atoms with van der Waals surface area (Å²) in [6, 6.07) is 9.91. The molecule has 0 atom stereocenters. The van der Waals surface area contributed by atoms with Crippen LogP contribution in [0.5, 0.6) is 0 Å². The first-order valence-electron chi connectivity index (χ1n) is 7.41. The van der Waals surface area contributed by atoms with Gasteiger partial charge < -0.3 is 5.73 Å². The topological polar surface area (TPSA) is 75.7 Å². The fourth-order valence-corrected chi connectivity index (χ4v) is 4.30. The molecule has 120 valence electrons. The zero-order valence-corrected chi connectivity index (χ0v) is 14.9. The van der Waals surface area contributed by atoms with Gasteiger partial charge in [0.1, 0.15) is 16.4 Å². The van der Waals surface area contributed by atoms with Crippen LogP contribution in [0.4, 0.5) is 0 Å². The molecule has 1 aromatic carbocycles. The maximum atomic E-state index is 8.25. The minimum Gasteiger partial charge on any atom is -0.402 e. The lowest BCUT2D eigenvalue weighted by molar-refractivity contribution is 1.25. The van der Waals surface area contributed by atoms with E-state index in [-0.39, 0.29) is 0 Å². The fourth-order valence-electron chi connectivity index (χ4n) is 2.31. The number of nitrogens with zero attached hydrogens (tertiary/aromatic N) is 2. The molecule has 2 heterocycles. The number of hydrogen-bond donors (Lipinski definition) is 2. The standard InChI is InChI=1S/C18H17N4S2/c1-3-13(20)16-15(12-7-5-4-6-8-12)22-18(24-16)14(11(2)19)17-21-9-10-23-17/h4-10,20H,1,3,19H2,2H3/q+1.